The molecule has 1 saturated heterocycles. The molecule has 4 nitrogen and oxygen atoms in total. The Morgan fingerprint density at radius 3 is 2.71 bits per heavy atom. The van der Waals surface area contributed by atoms with Crippen molar-refractivity contribution in [1.82, 2.24) is 4.90 Å². The Hall–Kier alpha value is -0.610. The van der Waals surface area contributed by atoms with Crippen LogP contribution in [0, 0.1) is 5.92 Å². The molecule has 0 aromatic heterocycles. The minimum absolute atomic E-state index is 0.173. The third kappa shape index (κ3) is 3.27. The number of nitrogens with two attached hydrogens (primary N) is 1. The Balaban J connectivity index is 2.30. The average molecular weight is 200 g/mol. The van der Waals surface area contributed by atoms with Crippen molar-refractivity contribution in [2.24, 2.45) is 11.7 Å². The molecule has 0 radical (unpaired) electrons. The monoisotopic (exact) mass is 200 g/mol. The highest BCUT2D eigenvalue weighted by molar-refractivity contribution is 5.78. The number of carbonyl (C=O) groups excluding carboxylic acids is 1. The van der Waals surface area contributed by atoms with E-state index in [0.29, 0.717) is 6.54 Å². The molecule has 0 aromatic carbocycles. The van der Waals surface area contributed by atoms with Gasteiger partial charge in [-0.3, -0.25) is 4.79 Å². The van der Waals surface area contributed by atoms with E-state index >= 15 is 0 Å². The number of hydrogen-bond donors (Lipinski definition) is 1. The molecule has 0 bridgehead atoms. The number of nitrogens with zero attached hydrogens (tertiary/aromatic N) is 1. The SMILES string of the molecule is CN(CCCN)C(=O)C1CCOCC1. The number of ether oxygens (including phenoxy) is 1. The molecular formula is C10H20N2O2. The maximum atomic E-state index is 11.8. The summed E-state index contributed by atoms with van der Waals surface area (Å²) in [5.74, 6) is 0.424. The molecule has 0 aliphatic carbocycles. The lowest BCUT2D eigenvalue weighted by Gasteiger charge is -2.26. The molecule has 0 saturated carbocycles. The van der Waals surface area contributed by atoms with Crippen LogP contribution in [-0.4, -0.2) is 44.2 Å². The molecule has 1 fully saturated rings. The van der Waals surface area contributed by atoms with Gasteiger partial charge in [-0.25, -0.2) is 0 Å². The predicted octanol–water partition coefficient (Wildman–Crippen LogP) is 0.220. The van der Waals surface area contributed by atoms with Gasteiger partial charge in [0.1, 0.15) is 0 Å². The molecule has 2 N–H and O–H groups in total. The first-order chi connectivity index (χ1) is 6.75. The molecule has 0 spiro atoms. The zero-order chi connectivity index (χ0) is 10.4. The zero-order valence-electron chi connectivity index (χ0n) is 8.87. The van der Waals surface area contributed by atoms with E-state index in [0.717, 1.165) is 39.0 Å². The maximum Gasteiger partial charge on any atom is 0.225 e. The van der Waals surface area contributed by atoms with Crippen LogP contribution in [0.25, 0.3) is 0 Å². The Morgan fingerprint density at radius 2 is 2.14 bits per heavy atom. The summed E-state index contributed by atoms with van der Waals surface area (Å²) in [7, 11) is 1.85. The third-order valence-corrected chi connectivity index (χ3v) is 2.64. The molecule has 0 atom stereocenters. The summed E-state index contributed by atoms with van der Waals surface area (Å²) in [5.41, 5.74) is 5.40. The molecule has 0 unspecified atom stereocenters. The van der Waals surface area contributed by atoms with Gasteiger partial charge in [-0.1, -0.05) is 0 Å². The van der Waals surface area contributed by atoms with Crippen molar-refractivity contribution in [2.75, 3.05) is 33.4 Å². The van der Waals surface area contributed by atoms with Crippen molar-refractivity contribution in [3.8, 4) is 0 Å². The first kappa shape index (κ1) is 11.5. The minimum Gasteiger partial charge on any atom is -0.381 e. The topological polar surface area (TPSA) is 55.6 Å². The fraction of sp³-hybridized carbons (Fsp3) is 0.900. The first-order valence-corrected chi connectivity index (χ1v) is 5.28. The smallest absolute Gasteiger partial charge is 0.225 e. The lowest BCUT2D eigenvalue weighted by atomic mass is 9.99. The van der Waals surface area contributed by atoms with Crippen molar-refractivity contribution in [3.63, 3.8) is 0 Å². The highest BCUT2D eigenvalue weighted by atomic mass is 16.5. The van der Waals surface area contributed by atoms with E-state index in [4.69, 9.17) is 10.5 Å². The van der Waals surface area contributed by atoms with E-state index in [9.17, 15) is 4.79 Å². The lowest BCUT2D eigenvalue weighted by Crippen LogP contribution is -2.36. The number of amides is 1. The Morgan fingerprint density at radius 1 is 1.50 bits per heavy atom. The van der Waals surface area contributed by atoms with Gasteiger partial charge < -0.3 is 15.4 Å². The maximum absolute atomic E-state index is 11.8. The van der Waals surface area contributed by atoms with Crippen LogP contribution in [-0.2, 0) is 9.53 Å². The average Bonchev–Trinajstić information content (AvgIpc) is 2.26. The van der Waals surface area contributed by atoms with E-state index in [1.54, 1.807) is 4.90 Å². The Kier molecular flexibility index (Phi) is 4.90. The Labute approximate surface area is 85.4 Å². The summed E-state index contributed by atoms with van der Waals surface area (Å²) in [6.45, 7) is 2.86. The molecule has 0 aromatic rings. The van der Waals surface area contributed by atoms with Gasteiger partial charge in [0.15, 0.2) is 0 Å². The van der Waals surface area contributed by atoms with Gasteiger partial charge in [-0.05, 0) is 25.8 Å². The number of rotatable bonds is 4. The van der Waals surface area contributed by atoms with Crippen LogP contribution in [0.4, 0.5) is 0 Å². The van der Waals surface area contributed by atoms with E-state index < -0.39 is 0 Å². The fourth-order valence-electron chi connectivity index (χ4n) is 1.69. The van der Waals surface area contributed by atoms with Crippen LogP contribution < -0.4 is 5.73 Å². The first-order valence-electron chi connectivity index (χ1n) is 5.28. The molecule has 82 valence electrons. The normalized spacial score (nSPS) is 18.1. The molecule has 14 heavy (non-hydrogen) atoms. The van der Waals surface area contributed by atoms with E-state index in [2.05, 4.69) is 0 Å². The van der Waals surface area contributed by atoms with Gasteiger partial charge in [0.05, 0.1) is 0 Å². The van der Waals surface area contributed by atoms with Crippen LogP contribution >= 0.6 is 0 Å². The van der Waals surface area contributed by atoms with Crippen LogP contribution in [0.5, 0.6) is 0 Å². The molecule has 1 aliphatic rings. The van der Waals surface area contributed by atoms with Crippen molar-refractivity contribution in [1.29, 1.82) is 0 Å². The van der Waals surface area contributed by atoms with Crippen molar-refractivity contribution in [2.45, 2.75) is 19.3 Å². The van der Waals surface area contributed by atoms with E-state index in [-0.39, 0.29) is 11.8 Å². The summed E-state index contributed by atoms with van der Waals surface area (Å²) in [5, 5.41) is 0. The molecule has 4 heteroatoms. The fourth-order valence-corrected chi connectivity index (χ4v) is 1.69. The summed E-state index contributed by atoms with van der Waals surface area (Å²) in [6.07, 6.45) is 2.61. The molecule has 1 heterocycles. The third-order valence-electron chi connectivity index (χ3n) is 2.64. The molecule has 1 amide bonds. The second-order valence-electron chi connectivity index (χ2n) is 3.79. The second-order valence-corrected chi connectivity index (χ2v) is 3.79. The zero-order valence-corrected chi connectivity index (χ0v) is 8.87. The van der Waals surface area contributed by atoms with Crippen LogP contribution in [0.1, 0.15) is 19.3 Å². The van der Waals surface area contributed by atoms with Crippen LogP contribution in [0.3, 0.4) is 0 Å². The summed E-state index contributed by atoms with van der Waals surface area (Å²) in [4.78, 5) is 13.6. The summed E-state index contributed by atoms with van der Waals surface area (Å²) < 4.78 is 5.22. The van der Waals surface area contributed by atoms with Gasteiger partial charge in [0.2, 0.25) is 5.91 Å². The molecule has 1 aliphatic heterocycles. The summed E-state index contributed by atoms with van der Waals surface area (Å²) in [6, 6.07) is 0. The van der Waals surface area contributed by atoms with Crippen molar-refractivity contribution < 1.29 is 9.53 Å². The Bertz CT molecular complexity index is 179. The van der Waals surface area contributed by atoms with Gasteiger partial charge in [0.25, 0.3) is 0 Å². The number of carbonyl (C=O) groups is 1. The minimum atomic E-state index is 0.173. The van der Waals surface area contributed by atoms with Gasteiger partial charge in [-0.15, -0.1) is 0 Å². The highest BCUT2D eigenvalue weighted by Gasteiger charge is 2.23. The standard InChI is InChI=1S/C10H20N2O2/c1-12(6-2-5-11)10(13)9-3-7-14-8-4-9/h9H,2-8,11H2,1H3. The molecule has 1 rings (SSSR count). The van der Waals surface area contributed by atoms with Crippen LogP contribution in [0.15, 0.2) is 0 Å². The van der Waals surface area contributed by atoms with Crippen LogP contribution in [0.2, 0.25) is 0 Å². The largest absolute Gasteiger partial charge is 0.381 e. The highest BCUT2D eigenvalue weighted by Crippen LogP contribution is 2.16. The van der Waals surface area contributed by atoms with Crippen molar-refractivity contribution in [3.05, 3.63) is 0 Å². The van der Waals surface area contributed by atoms with E-state index in [1.807, 2.05) is 7.05 Å². The van der Waals surface area contributed by atoms with Gasteiger partial charge >= 0.3 is 0 Å². The quantitative estimate of drug-likeness (QED) is 0.706. The van der Waals surface area contributed by atoms with Crippen molar-refractivity contribution >= 4 is 5.91 Å². The summed E-state index contributed by atoms with van der Waals surface area (Å²) >= 11 is 0. The van der Waals surface area contributed by atoms with E-state index in [1.165, 1.54) is 0 Å². The number of hydrogen-bond acceptors (Lipinski definition) is 3. The second kappa shape index (κ2) is 5.98. The molecular weight excluding hydrogens is 180 g/mol. The predicted molar refractivity (Wildman–Crippen MR) is 54.9 cm³/mol. The van der Waals surface area contributed by atoms with Gasteiger partial charge in [-0.2, -0.15) is 0 Å². The lowest BCUT2D eigenvalue weighted by molar-refractivity contribution is -0.137. The van der Waals surface area contributed by atoms with Gasteiger partial charge in [0, 0.05) is 32.7 Å².